The Hall–Kier alpha value is -1.88. The van der Waals surface area contributed by atoms with E-state index in [0.29, 0.717) is 18.9 Å². The normalized spacial score (nSPS) is 10.7. The van der Waals surface area contributed by atoms with Crippen molar-refractivity contribution in [2.45, 2.75) is 32.7 Å². The van der Waals surface area contributed by atoms with Crippen molar-refractivity contribution in [2.24, 2.45) is 0 Å². The zero-order valence-corrected chi connectivity index (χ0v) is 11.8. The highest BCUT2D eigenvalue weighted by molar-refractivity contribution is 5.45. The summed E-state index contributed by atoms with van der Waals surface area (Å²) in [6.07, 6.45) is 2.56. The average Bonchev–Trinajstić information content (AvgIpc) is 2.92. The molecule has 0 saturated heterocycles. The molecule has 0 radical (unpaired) electrons. The number of hydrogen-bond acceptors (Lipinski definition) is 5. The summed E-state index contributed by atoms with van der Waals surface area (Å²) >= 11 is 0. The summed E-state index contributed by atoms with van der Waals surface area (Å²) in [5.74, 6) is 1.38. The second-order valence-electron chi connectivity index (χ2n) is 4.69. The standard InChI is InChI=1S/C15H21N3O2/c1-2-7-14-16-15(20-17-14)12-18(10-6-11-19)13-8-4-3-5-9-13/h3-5,8-9,19H,2,6-7,10-12H2,1H3. The first kappa shape index (κ1) is 14.5. The van der Waals surface area contributed by atoms with E-state index in [9.17, 15) is 0 Å². The van der Waals surface area contributed by atoms with E-state index in [4.69, 9.17) is 9.63 Å². The van der Waals surface area contributed by atoms with Gasteiger partial charge in [-0.1, -0.05) is 30.3 Å². The van der Waals surface area contributed by atoms with Crippen LogP contribution in [0.25, 0.3) is 0 Å². The summed E-state index contributed by atoms with van der Waals surface area (Å²) in [6, 6.07) is 10.1. The summed E-state index contributed by atoms with van der Waals surface area (Å²) < 4.78 is 5.28. The monoisotopic (exact) mass is 275 g/mol. The Bertz CT molecular complexity index is 499. The van der Waals surface area contributed by atoms with E-state index in [1.54, 1.807) is 0 Å². The SMILES string of the molecule is CCCc1noc(CN(CCCO)c2ccccc2)n1. The number of benzene rings is 1. The summed E-state index contributed by atoms with van der Waals surface area (Å²) in [5, 5.41) is 13.0. The van der Waals surface area contributed by atoms with Gasteiger partial charge in [0.15, 0.2) is 5.82 Å². The molecule has 0 atom stereocenters. The number of hydrogen-bond donors (Lipinski definition) is 1. The third kappa shape index (κ3) is 4.06. The molecule has 0 amide bonds. The molecule has 1 aromatic heterocycles. The molecular weight excluding hydrogens is 254 g/mol. The van der Waals surface area contributed by atoms with E-state index in [1.807, 2.05) is 30.3 Å². The molecule has 0 fully saturated rings. The molecule has 2 rings (SSSR count). The van der Waals surface area contributed by atoms with Crippen molar-refractivity contribution in [1.82, 2.24) is 10.1 Å². The van der Waals surface area contributed by atoms with Crippen LogP contribution in [0.2, 0.25) is 0 Å². The number of aromatic nitrogens is 2. The van der Waals surface area contributed by atoms with Gasteiger partial charge in [0.1, 0.15) is 0 Å². The molecule has 0 unspecified atom stereocenters. The Morgan fingerprint density at radius 3 is 2.75 bits per heavy atom. The lowest BCUT2D eigenvalue weighted by Gasteiger charge is -2.22. The van der Waals surface area contributed by atoms with Crippen molar-refractivity contribution in [2.75, 3.05) is 18.1 Å². The van der Waals surface area contributed by atoms with Crippen LogP contribution in [0.3, 0.4) is 0 Å². The first-order chi connectivity index (χ1) is 9.83. The number of aliphatic hydroxyl groups is 1. The highest BCUT2D eigenvalue weighted by atomic mass is 16.5. The van der Waals surface area contributed by atoms with Crippen molar-refractivity contribution in [1.29, 1.82) is 0 Å². The molecule has 0 bridgehead atoms. The van der Waals surface area contributed by atoms with Crippen LogP contribution in [0.4, 0.5) is 5.69 Å². The van der Waals surface area contributed by atoms with Crippen LogP contribution < -0.4 is 4.90 Å². The minimum atomic E-state index is 0.175. The second-order valence-corrected chi connectivity index (χ2v) is 4.69. The summed E-state index contributed by atoms with van der Waals surface area (Å²) in [7, 11) is 0. The average molecular weight is 275 g/mol. The molecule has 5 heteroatoms. The highest BCUT2D eigenvalue weighted by Crippen LogP contribution is 2.16. The first-order valence-corrected chi connectivity index (χ1v) is 7.05. The predicted octanol–water partition coefficient (Wildman–Crippen LogP) is 2.41. The fourth-order valence-electron chi connectivity index (χ4n) is 2.04. The molecule has 1 heterocycles. The van der Waals surface area contributed by atoms with Crippen molar-refractivity contribution in [3.05, 3.63) is 42.0 Å². The molecule has 5 nitrogen and oxygen atoms in total. The van der Waals surface area contributed by atoms with Gasteiger partial charge in [-0.05, 0) is 25.0 Å². The maximum absolute atomic E-state index is 9.02. The molecule has 0 aliphatic rings. The summed E-state index contributed by atoms with van der Waals surface area (Å²) in [4.78, 5) is 6.53. The van der Waals surface area contributed by atoms with E-state index in [-0.39, 0.29) is 6.61 Å². The second kappa shape index (κ2) is 7.65. The molecule has 0 saturated carbocycles. The first-order valence-electron chi connectivity index (χ1n) is 7.05. The lowest BCUT2D eigenvalue weighted by atomic mass is 10.2. The largest absolute Gasteiger partial charge is 0.396 e. The van der Waals surface area contributed by atoms with Crippen molar-refractivity contribution in [3.63, 3.8) is 0 Å². The van der Waals surface area contributed by atoms with Crippen LogP contribution in [-0.2, 0) is 13.0 Å². The number of aryl methyl sites for hydroxylation is 1. The zero-order valence-electron chi connectivity index (χ0n) is 11.8. The third-order valence-electron chi connectivity index (χ3n) is 3.02. The molecule has 1 N–H and O–H groups in total. The van der Waals surface area contributed by atoms with Crippen molar-refractivity contribution in [3.8, 4) is 0 Å². The van der Waals surface area contributed by atoms with Crippen LogP contribution in [0.1, 0.15) is 31.5 Å². The summed E-state index contributed by atoms with van der Waals surface area (Å²) in [5.41, 5.74) is 1.09. The molecule has 0 aliphatic heterocycles. The Labute approximate surface area is 119 Å². The van der Waals surface area contributed by atoms with E-state index < -0.39 is 0 Å². The van der Waals surface area contributed by atoms with Crippen LogP contribution >= 0.6 is 0 Å². The van der Waals surface area contributed by atoms with Gasteiger partial charge in [-0.25, -0.2) is 0 Å². The molecule has 0 spiro atoms. The zero-order chi connectivity index (χ0) is 14.2. The fraction of sp³-hybridized carbons (Fsp3) is 0.467. The number of rotatable bonds is 8. The van der Waals surface area contributed by atoms with E-state index in [1.165, 1.54) is 0 Å². The molecule has 1 aromatic carbocycles. The topological polar surface area (TPSA) is 62.4 Å². The van der Waals surface area contributed by atoms with Gasteiger partial charge in [0.05, 0.1) is 6.54 Å². The van der Waals surface area contributed by atoms with Crippen LogP contribution in [0, 0.1) is 0 Å². The molecule has 108 valence electrons. The third-order valence-corrected chi connectivity index (χ3v) is 3.02. The van der Waals surface area contributed by atoms with E-state index in [2.05, 4.69) is 22.0 Å². The number of aliphatic hydroxyl groups excluding tert-OH is 1. The van der Waals surface area contributed by atoms with Crippen LogP contribution in [0.15, 0.2) is 34.9 Å². The van der Waals surface area contributed by atoms with E-state index in [0.717, 1.165) is 30.9 Å². The summed E-state index contributed by atoms with van der Waals surface area (Å²) in [6.45, 7) is 3.59. The van der Waals surface area contributed by atoms with Crippen molar-refractivity contribution < 1.29 is 9.63 Å². The lowest BCUT2D eigenvalue weighted by molar-refractivity contribution is 0.288. The molecule has 2 aromatic rings. The molecular formula is C15H21N3O2. The Balaban J connectivity index is 2.06. The lowest BCUT2D eigenvalue weighted by Crippen LogP contribution is -2.24. The predicted molar refractivity (Wildman–Crippen MR) is 77.5 cm³/mol. The van der Waals surface area contributed by atoms with Gasteiger partial charge >= 0.3 is 0 Å². The van der Waals surface area contributed by atoms with E-state index >= 15 is 0 Å². The molecule has 0 aliphatic carbocycles. The quantitative estimate of drug-likeness (QED) is 0.801. The smallest absolute Gasteiger partial charge is 0.246 e. The van der Waals surface area contributed by atoms with Gasteiger partial charge < -0.3 is 14.5 Å². The maximum Gasteiger partial charge on any atom is 0.246 e. The van der Waals surface area contributed by atoms with Crippen molar-refractivity contribution >= 4 is 5.69 Å². The van der Waals surface area contributed by atoms with Crippen LogP contribution in [-0.4, -0.2) is 28.4 Å². The van der Waals surface area contributed by atoms with Crippen LogP contribution in [0.5, 0.6) is 0 Å². The van der Waals surface area contributed by atoms with Gasteiger partial charge in [0, 0.05) is 25.3 Å². The van der Waals surface area contributed by atoms with Gasteiger partial charge in [-0.15, -0.1) is 0 Å². The fourth-order valence-corrected chi connectivity index (χ4v) is 2.04. The highest BCUT2D eigenvalue weighted by Gasteiger charge is 2.12. The Morgan fingerprint density at radius 2 is 2.05 bits per heavy atom. The minimum absolute atomic E-state index is 0.175. The number of anilines is 1. The van der Waals surface area contributed by atoms with Gasteiger partial charge in [-0.3, -0.25) is 0 Å². The van der Waals surface area contributed by atoms with Gasteiger partial charge in [0.25, 0.3) is 0 Å². The number of nitrogens with zero attached hydrogens (tertiary/aromatic N) is 3. The molecule has 20 heavy (non-hydrogen) atoms. The minimum Gasteiger partial charge on any atom is -0.396 e. The Kier molecular flexibility index (Phi) is 5.55. The Morgan fingerprint density at radius 1 is 1.25 bits per heavy atom. The van der Waals surface area contributed by atoms with Gasteiger partial charge in [0.2, 0.25) is 5.89 Å². The van der Waals surface area contributed by atoms with Gasteiger partial charge in [-0.2, -0.15) is 4.98 Å². The maximum atomic E-state index is 9.02. The number of para-hydroxylation sites is 1.